The van der Waals surface area contributed by atoms with E-state index in [4.69, 9.17) is 0 Å². The molecule has 0 bridgehead atoms. The smallest absolute Gasteiger partial charge is 0.322 e. The monoisotopic (exact) mass is 435 g/mol. The van der Waals surface area contributed by atoms with Crippen LogP contribution in [0.15, 0.2) is 36.5 Å². The number of H-pyrrole nitrogens is 1. The summed E-state index contributed by atoms with van der Waals surface area (Å²) in [6.45, 7) is 4.36. The van der Waals surface area contributed by atoms with Crippen LogP contribution < -0.4 is 10.6 Å². The van der Waals surface area contributed by atoms with Crippen LogP contribution in [0.1, 0.15) is 29.1 Å². The molecule has 0 spiro atoms. The van der Waals surface area contributed by atoms with Crippen LogP contribution in [0.5, 0.6) is 0 Å². The van der Waals surface area contributed by atoms with Gasteiger partial charge in [0.2, 0.25) is 11.8 Å². The fourth-order valence-electron chi connectivity index (χ4n) is 3.81. The summed E-state index contributed by atoms with van der Waals surface area (Å²) in [7, 11) is 1.85. The summed E-state index contributed by atoms with van der Waals surface area (Å²) in [5, 5.41) is 9.15. The molecule has 0 saturated carbocycles. The number of aryl methyl sites for hydroxylation is 2. The largest absolute Gasteiger partial charge is 0.340 e. The highest BCUT2D eigenvalue weighted by atomic mass is 16.2. The quantitative estimate of drug-likeness (QED) is 0.542. The molecule has 1 fully saturated rings. The lowest BCUT2D eigenvalue weighted by Crippen LogP contribution is -2.58. The van der Waals surface area contributed by atoms with Crippen molar-refractivity contribution in [2.45, 2.75) is 39.4 Å². The summed E-state index contributed by atoms with van der Waals surface area (Å²) in [5.41, 5.74) is 4.37. The van der Waals surface area contributed by atoms with Crippen LogP contribution in [-0.4, -0.2) is 48.5 Å². The van der Waals surface area contributed by atoms with Gasteiger partial charge in [0.15, 0.2) is 0 Å². The van der Waals surface area contributed by atoms with Crippen molar-refractivity contribution in [3.8, 4) is 11.4 Å². The number of aromatic nitrogens is 4. The number of hydrogen-bond donors (Lipinski definition) is 3. The third-order valence-corrected chi connectivity index (χ3v) is 5.60. The van der Waals surface area contributed by atoms with Gasteiger partial charge in [-0.15, -0.1) is 0 Å². The molecule has 32 heavy (non-hydrogen) atoms. The summed E-state index contributed by atoms with van der Waals surface area (Å²) in [6.07, 6.45) is 1.59. The third-order valence-electron chi connectivity index (χ3n) is 5.60. The minimum absolute atomic E-state index is 0.107. The first kappa shape index (κ1) is 21.3. The number of imidazole rings is 1. The van der Waals surface area contributed by atoms with Crippen LogP contribution in [-0.2, 0) is 29.7 Å². The predicted octanol–water partition coefficient (Wildman–Crippen LogP) is 1.55. The molecule has 1 saturated heterocycles. The Hall–Kier alpha value is -3.95. The molecule has 1 unspecified atom stereocenters. The molecule has 3 N–H and O–H groups in total. The van der Waals surface area contributed by atoms with Crippen LogP contribution in [0.4, 0.5) is 4.79 Å². The molecule has 1 aliphatic rings. The average Bonchev–Trinajstić information content (AvgIpc) is 3.32. The number of imide groups is 1. The van der Waals surface area contributed by atoms with E-state index in [0.29, 0.717) is 5.82 Å². The van der Waals surface area contributed by atoms with Crippen molar-refractivity contribution in [1.29, 1.82) is 0 Å². The van der Waals surface area contributed by atoms with Crippen LogP contribution in [0.25, 0.3) is 11.4 Å². The van der Waals surface area contributed by atoms with Crippen molar-refractivity contribution in [1.82, 2.24) is 35.3 Å². The van der Waals surface area contributed by atoms with E-state index in [9.17, 15) is 14.4 Å². The van der Waals surface area contributed by atoms with E-state index in [1.54, 1.807) is 15.8 Å². The Balaban J connectivity index is 1.61. The van der Waals surface area contributed by atoms with Gasteiger partial charge in [-0.25, -0.2) is 9.78 Å². The molecule has 10 heteroatoms. The molecule has 4 rings (SSSR count). The molecule has 4 amide bonds. The van der Waals surface area contributed by atoms with Crippen molar-refractivity contribution in [3.63, 3.8) is 0 Å². The van der Waals surface area contributed by atoms with E-state index < -0.39 is 18.0 Å². The lowest BCUT2D eigenvalue weighted by molar-refractivity contribution is -0.137. The van der Waals surface area contributed by atoms with E-state index in [2.05, 4.69) is 25.7 Å². The molecule has 1 atom stereocenters. The zero-order valence-corrected chi connectivity index (χ0v) is 18.2. The number of nitrogens with one attached hydrogen (secondary N) is 3. The Morgan fingerprint density at radius 1 is 1.19 bits per heavy atom. The van der Waals surface area contributed by atoms with E-state index in [-0.39, 0.29) is 25.4 Å². The first-order valence-corrected chi connectivity index (χ1v) is 10.3. The number of aromatic amines is 1. The molecular weight excluding hydrogens is 410 g/mol. The number of hydrogen-bond acceptors (Lipinski definition) is 5. The number of urea groups is 1. The summed E-state index contributed by atoms with van der Waals surface area (Å²) in [4.78, 5) is 46.3. The van der Waals surface area contributed by atoms with E-state index >= 15 is 0 Å². The summed E-state index contributed by atoms with van der Waals surface area (Å²) in [6, 6.07) is 8.09. The lowest BCUT2D eigenvalue weighted by atomic mass is 10.1. The number of carbonyl (C=O) groups excluding carboxylic acids is 3. The fraction of sp³-hybridized carbons (Fsp3) is 0.318. The van der Waals surface area contributed by atoms with Gasteiger partial charge in [0.05, 0.1) is 30.6 Å². The molecule has 166 valence electrons. The maximum Gasteiger partial charge on any atom is 0.322 e. The molecule has 1 aliphatic heterocycles. The highest BCUT2D eigenvalue weighted by Crippen LogP contribution is 2.20. The highest BCUT2D eigenvalue weighted by molar-refractivity contribution is 6.02. The minimum Gasteiger partial charge on any atom is -0.340 e. The van der Waals surface area contributed by atoms with Crippen molar-refractivity contribution < 1.29 is 14.4 Å². The van der Waals surface area contributed by atoms with Crippen molar-refractivity contribution >= 4 is 17.8 Å². The summed E-state index contributed by atoms with van der Waals surface area (Å²) in [5.74, 6) is -0.118. The Labute approximate surface area is 185 Å². The number of rotatable bonds is 6. The normalized spacial score (nSPS) is 15.9. The van der Waals surface area contributed by atoms with E-state index in [0.717, 1.165) is 28.2 Å². The Bertz CT molecular complexity index is 1150. The van der Waals surface area contributed by atoms with Crippen molar-refractivity contribution in [3.05, 3.63) is 59.2 Å². The molecule has 2 aromatic heterocycles. The first-order chi connectivity index (χ1) is 15.3. The Kier molecular flexibility index (Phi) is 5.76. The Morgan fingerprint density at radius 2 is 1.94 bits per heavy atom. The van der Waals surface area contributed by atoms with Gasteiger partial charge in [-0.2, -0.15) is 5.10 Å². The van der Waals surface area contributed by atoms with Gasteiger partial charge < -0.3 is 15.2 Å². The van der Waals surface area contributed by atoms with Crippen LogP contribution >= 0.6 is 0 Å². The number of carbonyl (C=O) groups is 3. The molecule has 0 radical (unpaired) electrons. The number of nitrogens with zero attached hydrogens (tertiary/aromatic N) is 4. The van der Waals surface area contributed by atoms with Crippen molar-refractivity contribution in [2.24, 2.45) is 7.05 Å². The minimum atomic E-state index is -0.926. The number of amides is 4. The highest BCUT2D eigenvalue weighted by Gasteiger charge is 2.33. The van der Waals surface area contributed by atoms with Gasteiger partial charge in [0, 0.05) is 30.4 Å². The first-order valence-electron chi connectivity index (χ1n) is 10.3. The SMILES string of the molecule is Cc1nn(C)c(C)c1CN(Cc1cnc(-c2ccccc2)[nH]1)C(=O)C1CC(=O)NC(=O)N1. The van der Waals surface area contributed by atoms with Crippen LogP contribution in [0.3, 0.4) is 0 Å². The maximum atomic E-state index is 13.4. The second-order valence-electron chi connectivity index (χ2n) is 7.87. The fourth-order valence-corrected chi connectivity index (χ4v) is 3.81. The number of benzene rings is 1. The molecular formula is C22H25N7O3. The summed E-state index contributed by atoms with van der Waals surface area (Å²) < 4.78 is 1.77. The van der Waals surface area contributed by atoms with Gasteiger partial charge in [0.1, 0.15) is 11.9 Å². The third kappa shape index (κ3) is 4.39. The predicted molar refractivity (Wildman–Crippen MR) is 116 cm³/mol. The van der Waals surface area contributed by atoms with Crippen molar-refractivity contribution in [2.75, 3.05) is 0 Å². The molecule has 10 nitrogen and oxygen atoms in total. The second-order valence-corrected chi connectivity index (χ2v) is 7.87. The van der Waals surface area contributed by atoms with E-state index in [1.807, 2.05) is 51.2 Å². The van der Waals surface area contributed by atoms with Gasteiger partial charge >= 0.3 is 6.03 Å². The van der Waals surface area contributed by atoms with Gasteiger partial charge in [-0.3, -0.25) is 19.6 Å². The van der Waals surface area contributed by atoms with Gasteiger partial charge in [-0.05, 0) is 13.8 Å². The van der Waals surface area contributed by atoms with Gasteiger partial charge in [-0.1, -0.05) is 30.3 Å². The zero-order chi connectivity index (χ0) is 22.8. The van der Waals surface area contributed by atoms with Crippen LogP contribution in [0.2, 0.25) is 0 Å². The van der Waals surface area contributed by atoms with Crippen LogP contribution in [0, 0.1) is 13.8 Å². The molecule has 3 heterocycles. The summed E-state index contributed by atoms with van der Waals surface area (Å²) >= 11 is 0. The average molecular weight is 435 g/mol. The molecule has 0 aliphatic carbocycles. The zero-order valence-electron chi connectivity index (χ0n) is 18.2. The molecule has 3 aromatic rings. The maximum absolute atomic E-state index is 13.4. The van der Waals surface area contributed by atoms with Gasteiger partial charge in [0.25, 0.3) is 0 Å². The Morgan fingerprint density at radius 3 is 2.59 bits per heavy atom. The second kappa shape index (κ2) is 8.66. The topological polar surface area (TPSA) is 125 Å². The van der Waals surface area contributed by atoms with E-state index in [1.165, 1.54) is 0 Å². The standard InChI is InChI=1S/C22H25N7O3/c1-13-17(14(2)28(3)27-13)12-29(21(31)18-9-19(30)26-22(32)25-18)11-16-10-23-20(24-16)15-7-5-4-6-8-15/h4-8,10,18H,9,11-12H2,1-3H3,(H,23,24)(H2,25,26,30,32). The lowest BCUT2D eigenvalue weighted by Gasteiger charge is -2.29. The molecule has 1 aromatic carbocycles.